The number of carbonyl (C=O) groups is 2. The molecule has 0 fully saturated rings. The monoisotopic (exact) mass is 326 g/mol. The fraction of sp³-hybridized carbons (Fsp3) is 0.316. The second kappa shape index (κ2) is 8.24. The molecule has 0 unspecified atom stereocenters. The Morgan fingerprint density at radius 1 is 1.17 bits per heavy atom. The molecule has 0 radical (unpaired) electrons. The van der Waals surface area contributed by atoms with Crippen molar-refractivity contribution in [2.75, 3.05) is 5.32 Å². The van der Waals surface area contributed by atoms with Crippen LogP contribution < -0.4 is 5.32 Å². The van der Waals surface area contributed by atoms with Crippen molar-refractivity contribution in [1.82, 2.24) is 4.98 Å². The van der Waals surface area contributed by atoms with Crippen LogP contribution in [0.5, 0.6) is 0 Å². The molecule has 0 aliphatic rings. The smallest absolute Gasteiger partial charge is 0.335 e. The molecule has 2 N–H and O–H groups in total. The molecule has 0 atom stereocenters. The fourth-order valence-electron chi connectivity index (χ4n) is 2.46. The van der Waals surface area contributed by atoms with Gasteiger partial charge in [-0.05, 0) is 55.2 Å². The van der Waals surface area contributed by atoms with Crippen LogP contribution in [-0.4, -0.2) is 22.0 Å². The van der Waals surface area contributed by atoms with Crippen molar-refractivity contribution in [3.8, 4) is 0 Å². The zero-order chi connectivity index (χ0) is 17.5. The Morgan fingerprint density at radius 2 is 1.96 bits per heavy atom. The summed E-state index contributed by atoms with van der Waals surface area (Å²) in [5.74, 6) is -1.29. The Labute approximate surface area is 141 Å². The number of carbonyl (C=O) groups excluding carboxylic acids is 1. The van der Waals surface area contributed by atoms with Gasteiger partial charge >= 0.3 is 5.97 Å². The number of amides is 1. The summed E-state index contributed by atoms with van der Waals surface area (Å²) in [4.78, 5) is 27.4. The van der Waals surface area contributed by atoms with E-state index in [1.165, 1.54) is 18.9 Å². The van der Waals surface area contributed by atoms with Gasteiger partial charge in [-0.3, -0.25) is 9.78 Å². The number of benzene rings is 1. The molecule has 0 aliphatic carbocycles. The minimum atomic E-state index is -0.981. The second-order valence-corrected chi connectivity index (χ2v) is 5.80. The number of anilines is 1. The summed E-state index contributed by atoms with van der Waals surface area (Å²) in [5.41, 5.74) is 2.84. The molecule has 1 aromatic heterocycles. The number of carboxylic acid groups (broad SMARTS) is 1. The van der Waals surface area contributed by atoms with E-state index in [1.54, 1.807) is 31.3 Å². The maximum atomic E-state index is 12.2. The fourth-order valence-corrected chi connectivity index (χ4v) is 2.46. The standard InChI is InChI=1S/C19H22N2O3/c1-3-4-5-6-14-7-10-17(20-12-14)18(22)21-15-8-9-16(19(23)24)13(2)11-15/h7-12H,3-6H2,1-2H3,(H,21,22)(H,23,24). The van der Waals surface area contributed by atoms with E-state index in [0.717, 1.165) is 18.4 Å². The maximum Gasteiger partial charge on any atom is 0.335 e. The Morgan fingerprint density at radius 3 is 2.54 bits per heavy atom. The van der Waals surface area contributed by atoms with E-state index in [1.807, 2.05) is 6.07 Å². The minimum absolute atomic E-state index is 0.225. The van der Waals surface area contributed by atoms with Crippen LogP contribution in [-0.2, 0) is 6.42 Å². The number of aromatic nitrogens is 1. The number of unbranched alkanes of at least 4 members (excludes halogenated alkanes) is 2. The summed E-state index contributed by atoms with van der Waals surface area (Å²) in [6.45, 7) is 3.86. The molecule has 2 rings (SSSR count). The molecule has 5 heteroatoms. The molecule has 2 aromatic rings. The third kappa shape index (κ3) is 4.65. The number of nitrogens with one attached hydrogen (secondary N) is 1. The first-order valence-corrected chi connectivity index (χ1v) is 8.11. The summed E-state index contributed by atoms with van der Waals surface area (Å²) in [6.07, 6.45) is 6.20. The normalized spacial score (nSPS) is 10.4. The molecule has 1 aromatic carbocycles. The number of aromatic carboxylic acids is 1. The lowest BCUT2D eigenvalue weighted by Crippen LogP contribution is -2.14. The van der Waals surface area contributed by atoms with Crippen LogP contribution in [0.2, 0.25) is 0 Å². The molecule has 0 saturated heterocycles. The second-order valence-electron chi connectivity index (χ2n) is 5.80. The summed E-state index contributed by atoms with van der Waals surface area (Å²) in [6, 6.07) is 8.34. The third-order valence-corrected chi connectivity index (χ3v) is 3.84. The Hall–Kier alpha value is -2.69. The summed E-state index contributed by atoms with van der Waals surface area (Å²) in [7, 11) is 0. The topological polar surface area (TPSA) is 79.3 Å². The number of rotatable bonds is 7. The van der Waals surface area contributed by atoms with Crippen molar-refractivity contribution < 1.29 is 14.7 Å². The van der Waals surface area contributed by atoms with Gasteiger partial charge in [-0.2, -0.15) is 0 Å². The van der Waals surface area contributed by atoms with Gasteiger partial charge in [0.05, 0.1) is 5.56 Å². The highest BCUT2D eigenvalue weighted by Gasteiger charge is 2.11. The van der Waals surface area contributed by atoms with Gasteiger partial charge in [-0.25, -0.2) is 4.79 Å². The maximum absolute atomic E-state index is 12.2. The van der Waals surface area contributed by atoms with Gasteiger partial charge in [0.2, 0.25) is 0 Å². The number of nitrogens with zero attached hydrogens (tertiary/aromatic N) is 1. The largest absolute Gasteiger partial charge is 0.478 e. The number of hydrogen-bond donors (Lipinski definition) is 2. The molecule has 0 spiro atoms. The molecule has 0 bridgehead atoms. The van der Waals surface area contributed by atoms with Gasteiger partial charge < -0.3 is 10.4 Å². The molecule has 1 amide bonds. The zero-order valence-corrected chi connectivity index (χ0v) is 14.0. The molecule has 5 nitrogen and oxygen atoms in total. The molecule has 24 heavy (non-hydrogen) atoms. The Kier molecular flexibility index (Phi) is 6.07. The van der Waals surface area contributed by atoms with Crippen LogP contribution in [0.3, 0.4) is 0 Å². The van der Waals surface area contributed by atoms with Gasteiger partial charge in [0.15, 0.2) is 0 Å². The van der Waals surface area contributed by atoms with Crippen LogP contribution in [0.4, 0.5) is 5.69 Å². The molecule has 126 valence electrons. The van der Waals surface area contributed by atoms with Gasteiger partial charge in [-0.1, -0.05) is 25.8 Å². The summed E-state index contributed by atoms with van der Waals surface area (Å²) >= 11 is 0. The molecule has 0 aliphatic heterocycles. The third-order valence-electron chi connectivity index (χ3n) is 3.84. The number of hydrogen-bond acceptors (Lipinski definition) is 3. The highest BCUT2D eigenvalue weighted by molar-refractivity contribution is 6.03. The Balaban J connectivity index is 2.01. The van der Waals surface area contributed by atoms with Crippen LogP contribution in [0.15, 0.2) is 36.5 Å². The predicted octanol–water partition coefficient (Wildman–Crippen LogP) is 4.07. The van der Waals surface area contributed by atoms with Crippen molar-refractivity contribution in [2.45, 2.75) is 39.5 Å². The molecular formula is C19H22N2O3. The summed E-state index contributed by atoms with van der Waals surface area (Å²) < 4.78 is 0. The van der Waals surface area contributed by atoms with Crippen molar-refractivity contribution in [3.05, 3.63) is 58.9 Å². The van der Waals surface area contributed by atoms with Gasteiger partial charge in [0.25, 0.3) is 5.91 Å². The first kappa shape index (κ1) is 17.7. The predicted molar refractivity (Wildman–Crippen MR) is 93.6 cm³/mol. The van der Waals surface area contributed by atoms with E-state index in [9.17, 15) is 9.59 Å². The lowest BCUT2D eigenvalue weighted by molar-refractivity contribution is 0.0696. The highest BCUT2D eigenvalue weighted by Crippen LogP contribution is 2.16. The van der Waals surface area contributed by atoms with Crippen molar-refractivity contribution in [1.29, 1.82) is 0 Å². The lowest BCUT2D eigenvalue weighted by Gasteiger charge is -2.08. The van der Waals surface area contributed by atoms with Crippen LogP contribution in [0.1, 0.15) is 58.2 Å². The quantitative estimate of drug-likeness (QED) is 0.752. The molecular weight excluding hydrogens is 304 g/mol. The average molecular weight is 326 g/mol. The Bertz CT molecular complexity index is 724. The van der Waals surface area contributed by atoms with E-state index in [4.69, 9.17) is 5.11 Å². The van der Waals surface area contributed by atoms with E-state index < -0.39 is 5.97 Å². The van der Waals surface area contributed by atoms with Gasteiger partial charge in [-0.15, -0.1) is 0 Å². The van der Waals surface area contributed by atoms with Crippen LogP contribution in [0, 0.1) is 6.92 Å². The average Bonchev–Trinajstić information content (AvgIpc) is 2.55. The summed E-state index contributed by atoms with van der Waals surface area (Å²) in [5, 5.41) is 11.8. The van der Waals surface area contributed by atoms with Crippen molar-refractivity contribution in [3.63, 3.8) is 0 Å². The lowest BCUT2D eigenvalue weighted by atomic mass is 10.1. The first-order valence-electron chi connectivity index (χ1n) is 8.11. The van der Waals surface area contributed by atoms with E-state index in [-0.39, 0.29) is 11.5 Å². The number of aryl methyl sites for hydroxylation is 2. The molecule has 0 saturated carbocycles. The SMILES string of the molecule is CCCCCc1ccc(C(=O)Nc2ccc(C(=O)O)c(C)c2)nc1. The molecule has 1 heterocycles. The first-order chi connectivity index (χ1) is 11.5. The number of pyridine rings is 1. The van der Waals surface area contributed by atoms with Crippen molar-refractivity contribution in [2.24, 2.45) is 0 Å². The van der Waals surface area contributed by atoms with E-state index in [0.29, 0.717) is 16.9 Å². The van der Waals surface area contributed by atoms with Gasteiger partial charge in [0.1, 0.15) is 5.69 Å². The van der Waals surface area contributed by atoms with E-state index >= 15 is 0 Å². The van der Waals surface area contributed by atoms with E-state index in [2.05, 4.69) is 17.2 Å². The highest BCUT2D eigenvalue weighted by atomic mass is 16.4. The van der Waals surface area contributed by atoms with Crippen LogP contribution in [0.25, 0.3) is 0 Å². The minimum Gasteiger partial charge on any atom is -0.478 e. The van der Waals surface area contributed by atoms with Crippen molar-refractivity contribution >= 4 is 17.6 Å². The number of carboxylic acids is 1. The van der Waals surface area contributed by atoms with Gasteiger partial charge in [0, 0.05) is 11.9 Å². The zero-order valence-electron chi connectivity index (χ0n) is 14.0. The van der Waals surface area contributed by atoms with Crippen LogP contribution >= 0.6 is 0 Å².